The molecule has 21 atom stereocenters. The van der Waals surface area contributed by atoms with Crippen LogP contribution in [-0.4, -0.2) is 169 Å². The van der Waals surface area contributed by atoms with Gasteiger partial charge in [0.2, 0.25) is 0 Å². The van der Waals surface area contributed by atoms with Crippen molar-refractivity contribution in [3.05, 3.63) is 176 Å². The van der Waals surface area contributed by atoms with Crippen molar-refractivity contribution in [3.63, 3.8) is 0 Å². The van der Waals surface area contributed by atoms with Gasteiger partial charge in [-0.1, -0.05) is 208 Å². The smallest absolute Gasteiger partial charge is 0.308 e. The Kier molecular flexibility index (Phi) is 21.4. The van der Waals surface area contributed by atoms with Gasteiger partial charge < -0.3 is 57.0 Å². The normalized spacial score (nSPS) is 35.2. The van der Waals surface area contributed by atoms with Crippen molar-refractivity contribution in [2.24, 2.45) is 11.8 Å². The number of aliphatic hydroxyl groups is 2. The molecule has 0 saturated carbocycles. The topological polar surface area (TPSA) is 201 Å². The van der Waals surface area contributed by atoms with Crippen LogP contribution >= 0.6 is 0 Å². The monoisotopic (exact) mass is 1410 g/mol. The molecule has 0 amide bonds. The summed E-state index contributed by atoms with van der Waals surface area (Å²) in [7, 11) is -11.6. The average Bonchev–Trinajstić information content (AvgIpc) is 1.70. The first-order chi connectivity index (χ1) is 47.4. The van der Waals surface area contributed by atoms with Crippen molar-refractivity contribution in [3.8, 4) is 0 Å². The molecule has 5 aromatic rings. The zero-order valence-corrected chi connectivity index (χ0v) is 61.5. The van der Waals surface area contributed by atoms with Crippen molar-refractivity contribution < 1.29 is 75.0 Å². The maximum Gasteiger partial charge on any atom is 0.308 e. The van der Waals surface area contributed by atoms with Gasteiger partial charge >= 0.3 is 5.97 Å². The Labute approximate surface area is 587 Å². The number of sulfone groups is 1. The third kappa shape index (κ3) is 14.2. The summed E-state index contributed by atoms with van der Waals surface area (Å²) in [5.74, 6) is -1.37. The molecule has 19 heteroatoms. The van der Waals surface area contributed by atoms with Crippen molar-refractivity contribution in [1.82, 2.24) is 0 Å². The molecule has 5 aromatic carbocycles. The summed E-state index contributed by atoms with van der Waals surface area (Å²) in [6.07, 6.45) is -9.83. The van der Waals surface area contributed by atoms with Crippen molar-refractivity contribution in [2.75, 3.05) is 6.61 Å². The number of fused-ring (bicyclic) bond motifs is 8. The maximum atomic E-state index is 16.3. The lowest BCUT2D eigenvalue weighted by Gasteiger charge is -2.53. The molecule has 2 N–H and O–H groups in total. The predicted octanol–water partition coefficient (Wildman–Crippen LogP) is 10.0. The highest BCUT2D eigenvalue weighted by Gasteiger charge is 2.65. The van der Waals surface area contributed by atoms with E-state index in [1.807, 2.05) is 79.7 Å². The van der Waals surface area contributed by atoms with Crippen LogP contribution in [0.1, 0.15) is 132 Å². The second-order valence-electron chi connectivity index (χ2n) is 31.4. The fourth-order valence-corrected chi connectivity index (χ4v) is 29.1. The van der Waals surface area contributed by atoms with Crippen LogP contribution in [0.15, 0.2) is 181 Å². The highest BCUT2D eigenvalue weighted by atomic mass is 32.2. The van der Waals surface area contributed by atoms with Crippen LogP contribution in [0.3, 0.4) is 0 Å². The molecule has 4 unspecified atom stereocenters. The standard InChI is InChI=1S/C80H102O16SSi2/c1-49-42-53-36-38-63-50(2)43-55(88-63)44-70(97(85,86)56-26-16-11-17-27-56)62(83)47-68-75(95-98(79(5,6)7,57-28-18-12-19-29-57)58-30-20-13-21-31-58)76-77(93-68)78(96-99(80(8,9)10,59-32-22-14-23-33-59)60-34-24-15-25-35-60)74-65(92-76)39-37-54(89-74)45-71(84)94-73-52(4)72-67(46-61(82)64(91-72)40-41-81)90-69(73)48-66(87-53)51(49)3/h11-35,49,52-55,61,63-70,72-78,81-82H,2-3,36-48H2,1,4-10H3/t49-,52+,53+,54?,55?,61-,63+,64-,65+,66?,67+,68-,69+,70?,72+,73-,74+,75+,76+,77-,78+/m1/s1. The van der Waals surface area contributed by atoms with Crippen LogP contribution in [0.4, 0.5) is 0 Å². The highest BCUT2D eigenvalue weighted by Crippen LogP contribution is 2.50. The minimum absolute atomic E-state index is 0.0267. The number of Topliss-reactive ketones (excluding diaryl/α,β-unsaturated/α-hetero) is 1. The summed E-state index contributed by atoms with van der Waals surface area (Å²) < 4.78 is 105. The summed E-state index contributed by atoms with van der Waals surface area (Å²) in [4.78, 5) is 31.6. The van der Waals surface area contributed by atoms with E-state index in [4.69, 9.17) is 46.7 Å². The Bertz CT molecular complexity index is 3640. The lowest BCUT2D eigenvalue weighted by atomic mass is 9.79. The van der Waals surface area contributed by atoms with Gasteiger partial charge in [-0.25, -0.2) is 8.42 Å². The Balaban J connectivity index is 0.958. The zero-order chi connectivity index (χ0) is 69.8. The van der Waals surface area contributed by atoms with Crippen molar-refractivity contribution in [2.45, 2.75) is 263 Å². The minimum atomic E-state index is -4.39. The van der Waals surface area contributed by atoms with Crippen LogP contribution in [-0.2, 0) is 66.2 Å². The molecule has 8 saturated heterocycles. The van der Waals surface area contributed by atoms with E-state index >= 15 is 18.0 Å². The van der Waals surface area contributed by atoms with Gasteiger partial charge in [0.15, 0.2) is 15.6 Å². The highest BCUT2D eigenvalue weighted by molar-refractivity contribution is 7.92. The van der Waals surface area contributed by atoms with Gasteiger partial charge in [-0.05, 0) is 111 Å². The molecule has 532 valence electrons. The van der Waals surface area contributed by atoms with Gasteiger partial charge in [0.05, 0.1) is 84.6 Å². The minimum Gasteiger partial charge on any atom is -0.459 e. The molecule has 8 aliphatic rings. The van der Waals surface area contributed by atoms with E-state index in [-0.39, 0.29) is 55.6 Å². The van der Waals surface area contributed by atoms with Gasteiger partial charge in [0.1, 0.15) is 41.9 Å². The van der Waals surface area contributed by atoms with E-state index in [1.54, 1.807) is 30.3 Å². The number of carbonyl (C=O) groups is 2. The number of benzene rings is 5. The Hall–Kier alpha value is -5.34. The number of hydrogen-bond acceptors (Lipinski definition) is 16. The molecule has 0 aliphatic carbocycles. The molecule has 16 nitrogen and oxygen atoms in total. The first kappa shape index (κ1) is 72.0. The van der Waals surface area contributed by atoms with E-state index < -0.39 is 163 Å². The van der Waals surface area contributed by atoms with Gasteiger partial charge in [-0.15, -0.1) is 0 Å². The lowest BCUT2D eigenvalue weighted by molar-refractivity contribution is -0.274. The number of ether oxygens (including phenoxy) is 8. The molecule has 0 aromatic heterocycles. The number of rotatable bonds is 12. The number of esters is 1. The predicted molar refractivity (Wildman–Crippen MR) is 383 cm³/mol. The maximum absolute atomic E-state index is 16.3. The largest absolute Gasteiger partial charge is 0.459 e. The first-order valence-corrected chi connectivity index (χ1v) is 41.6. The fraction of sp³-hybridized carbons (Fsp3) is 0.550. The molecule has 8 bridgehead atoms. The molecular formula is C80H102O16SSi2. The van der Waals surface area contributed by atoms with Crippen molar-refractivity contribution >= 4 is 59.0 Å². The molecule has 0 spiro atoms. The molecular weight excluding hydrogens is 1310 g/mol. The number of ketones is 1. The third-order valence-electron chi connectivity index (χ3n) is 22.9. The van der Waals surface area contributed by atoms with Gasteiger partial charge in [-0.3, -0.25) is 9.59 Å². The fourth-order valence-electron chi connectivity index (χ4n) is 17.9. The van der Waals surface area contributed by atoms with E-state index in [1.165, 1.54) is 0 Å². The number of carbonyl (C=O) groups excluding carboxylic acids is 2. The zero-order valence-electron chi connectivity index (χ0n) is 58.7. The molecule has 99 heavy (non-hydrogen) atoms. The van der Waals surface area contributed by atoms with E-state index in [0.717, 1.165) is 31.9 Å². The van der Waals surface area contributed by atoms with Crippen molar-refractivity contribution in [1.29, 1.82) is 0 Å². The van der Waals surface area contributed by atoms with Crippen LogP contribution in [0.2, 0.25) is 10.1 Å². The summed E-state index contributed by atoms with van der Waals surface area (Å²) in [6.45, 7) is 26.3. The molecule has 13 rings (SSSR count). The quantitative estimate of drug-likeness (QED) is 0.0678. The van der Waals surface area contributed by atoms with E-state index in [0.29, 0.717) is 44.9 Å². The number of aliphatic hydroxyl groups excluding tert-OH is 2. The summed E-state index contributed by atoms with van der Waals surface area (Å²) >= 11 is 0. The van der Waals surface area contributed by atoms with Gasteiger partial charge in [0, 0.05) is 31.8 Å². The van der Waals surface area contributed by atoms with E-state index in [9.17, 15) is 10.2 Å². The summed E-state index contributed by atoms with van der Waals surface area (Å²) in [6, 6.07) is 49.6. The molecule has 8 heterocycles. The SMILES string of the molecule is C=C1C2C[C@@H]3O[C@H]4C[C@@H](O)[C@@H](CCO)O[C@H]4[C@H](C)[C@H]3OC(=O)CC3CC[C@@H]4O[C@@H]5[C@@H](O[C@H](CC(=O)C(S(=O)(=O)c6ccccc6)CC6CC(=C)[C@H](CC[C@@H](C[C@H]1C)O2)O6)[C@@H]5O[Si](c1ccccc1)(c1ccccc1)C(C)(C)C)[C@@H](O[Si](c1ccccc1)(c1ccccc1)C(C)(C)C)[C@H]4O3. The summed E-state index contributed by atoms with van der Waals surface area (Å²) in [5, 5.41) is 22.8. The Morgan fingerprint density at radius 3 is 1.59 bits per heavy atom. The molecule has 0 radical (unpaired) electrons. The van der Waals surface area contributed by atoms with E-state index in [2.05, 4.69) is 110 Å². The lowest BCUT2D eigenvalue weighted by Crippen LogP contribution is -2.73. The molecule has 8 fully saturated rings. The second kappa shape index (κ2) is 29.4. The van der Waals surface area contributed by atoms with Gasteiger partial charge in [0.25, 0.3) is 16.6 Å². The molecule has 8 aliphatic heterocycles. The number of hydrogen-bond donors (Lipinski definition) is 2. The third-order valence-corrected chi connectivity index (χ3v) is 35.1. The Morgan fingerprint density at radius 2 is 1.02 bits per heavy atom. The van der Waals surface area contributed by atoms with Crippen LogP contribution in [0, 0.1) is 11.8 Å². The van der Waals surface area contributed by atoms with Crippen LogP contribution in [0.25, 0.3) is 0 Å². The average molecular weight is 1410 g/mol. The van der Waals surface area contributed by atoms with Gasteiger partial charge in [-0.2, -0.15) is 0 Å². The Morgan fingerprint density at radius 1 is 0.505 bits per heavy atom. The first-order valence-electron chi connectivity index (χ1n) is 36.2. The van der Waals surface area contributed by atoms with Crippen LogP contribution in [0.5, 0.6) is 0 Å². The van der Waals surface area contributed by atoms with Crippen LogP contribution < -0.4 is 20.7 Å². The summed E-state index contributed by atoms with van der Waals surface area (Å²) in [5.41, 5.74) is 1.72. The second-order valence-corrected chi connectivity index (χ2v) is 42.0.